The van der Waals surface area contributed by atoms with Crippen LogP contribution in [0.4, 0.5) is 0 Å². The van der Waals surface area contributed by atoms with E-state index in [2.05, 4.69) is 17.4 Å². The van der Waals surface area contributed by atoms with Crippen molar-refractivity contribution >= 4 is 11.8 Å². The summed E-state index contributed by atoms with van der Waals surface area (Å²) in [6.45, 7) is 2.12. The number of nitrogens with one attached hydrogen (secondary N) is 1. The quantitative estimate of drug-likeness (QED) is 0.892. The van der Waals surface area contributed by atoms with Gasteiger partial charge in [0, 0.05) is 0 Å². The fourth-order valence-corrected chi connectivity index (χ4v) is 3.33. The smallest absolute Gasteiger partial charge is 0.246 e. The number of carbonyl (C=O) groups is 2. The second-order valence-electron chi connectivity index (χ2n) is 5.60. The van der Waals surface area contributed by atoms with E-state index in [9.17, 15) is 9.59 Å². The molecule has 0 bridgehead atoms. The Kier molecular flexibility index (Phi) is 3.47. The number of amides is 2. The lowest BCUT2D eigenvalue weighted by molar-refractivity contribution is -0.147. The molecule has 1 aliphatic heterocycles. The molecule has 4 heteroatoms. The second kappa shape index (κ2) is 5.27. The zero-order valence-electron chi connectivity index (χ0n) is 11.8. The number of hydrogen-bond donors (Lipinski definition) is 1. The third-order valence-electron chi connectivity index (χ3n) is 4.35. The average Bonchev–Trinajstić information content (AvgIpc) is 2.48. The van der Waals surface area contributed by atoms with Gasteiger partial charge in [0.15, 0.2) is 0 Å². The highest BCUT2D eigenvalue weighted by molar-refractivity contribution is 5.95. The monoisotopic (exact) mass is 272 g/mol. The SMILES string of the molecule is CCC1NC(=O)CN(C2CCCc3ccccc32)C1=O. The van der Waals surface area contributed by atoms with Gasteiger partial charge >= 0.3 is 0 Å². The van der Waals surface area contributed by atoms with Crippen molar-refractivity contribution in [3.05, 3.63) is 35.4 Å². The highest BCUT2D eigenvalue weighted by Crippen LogP contribution is 2.35. The molecule has 4 nitrogen and oxygen atoms in total. The molecule has 2 amide bonds. The van der Waals surface area contributed by atoms with E-state index in [1.54, 1.807) is 4.90 Å². The molecule has 1 aliphatic carbocycles. The Balaban J connectivity index is 1.93. The van der Waals surface area contributed by atoms with Gasteiger partial charge in [0.2, 0.25) is 11.8 Å². The van der Waals surface area contributed by atoms with Gasteiger partial charge in [-0.2, -0.15) is 0 Å². The molecule has 20 heavy (non-hydrogen) atoms. The highest BCUT2D eigenvalue weighted by atomic mass is 16.2. The Morgan fingerprint density at radius 1 is 1.30 bits per heavy atom. The number of hydrogen-bond acceptors (Lipinski definition) is 2. The standard InChI is InChI=1S/C16H20N2O2/c1-2-13-16(20)18(10-15(19)17-13)14-9-5-7-11-6-3-4-8-12(11)14/h3-4,6,8,13-14H,2,5,7,9-10H2,1H3,(H,17,19). The van der Waals surface area contributed by atoms with Crippen molar-refractivity contribution in [1.82, 2.24) is 10.2 Å². The van der Waals surface area contributed by atoms with E-state index in [1.807, 2.05) is 19.1 Å². The summed E-state index contributed by atoms with van der Waals surface area (Å²) in [4.78, 5) is 26.1. The Morgan fingerprint density at radius 2 is 2.10 bits per heavy atom. The Labute approximate surface area is 119 Å². The lowest BCUT2D eigenvalue weighted by atomic mass is 9.86. The molecular formula is C16H20N2O2. The molecule has 1 fully saturated rings. The van der Waals surface area contributed by atoms with Crippen LogP contribution < -0.4 is 5.32 Å². The minimum Gasteiger partial charge on any atom is -0.343 e. The van der Waals surface area contributed by atoms with E-state index < -0.39 is 0 Å². The lowest BCUT2D eigenvalue weighted by Crippen LogP contribution is -2.58. The molecule has 1 N–H and O–H groups in total. The first-order valence-electron chi connectivity index (χ1n) is 7.38. The van der Waals surface area contributed by atoms with Crippen LogP contribution in [-0.2, 0) is 16.0 Å². The van der Waals surface area contributed by atoms with Gasteiger partial charge in [0.25, 0.3) is 0 Å². The predicted octanol–water partition coefficient (Wildman–Crippen LogP) is 1.80. The van der Waals surface area contributed by atoms with E-state index in [4.69, 9.17) is 0 Å². The van der Waals surface area contributed by atoms with Crippen molar-refractivity contribution in [2.24, 2.45) is 0 Å². The largest absolute Gasteiger partial charge is 0.343 e. The van der Waals surface area contributed by atoms with Gasteiger partial charge in [-0.25, -0.2) is 0 Å². The van der Waals surface area contributed by atoms with E-state index >= 15 is 0 Å². The molecule has 0 spiro atoms. The molecule has 2 atom stereocenters. The van der Waals surface area contributed by atoms with Crippen molar-refractivity contribution in [3.63, 3.8) is 0 Å². The van der Waals surface area contributed by atoms with Gasteiger partial charge in [0.1, 0.15) is 12.6 Å². The molecule has 1 saturated heterocycles. The molecule has 3 rings (SSSR count). The Morgan fingerprint density at radius 3 is 2.90 bits per heavy atom. The van der Waals surface area contributed by atoms with E-state index in [-0.39, 0.29) is 30.4 Å². The number of carbonyl (C=O) groups excluding carboxylic acids is 2. The van der Waals surface area contributed by atoms with Gasteiger partial charge < -0.3 is 10.2 Å². The maximum atomic E-state index is 12.5. The van der Waals surface area contributed by atoms with E-state index in [1.165, 1.54) is 11.1 Å². The molecule has 0 aromatic heterocycles. The summed E-state index contributed by atoms with van der Waals surface area (Å²) >= 11 is 0. The third kappa shape index (κ3) is 2.19. The summed E-state index contributed by atoms with van der Waals surface area (Å²) in [7, 11) is 0. The van der Waals surface area contributed by atoms with E-state index in [0.717, 1.165) is 19.3 Å². The van der Waals surface area contributed by atoms with Crippen LogP contribution in [0.15, 0.2) is 24.3 Å². The molecule has 0 saturated carbocycles. The van der Waals surface area contributed by atoms with Crippen LogP contribution in [-0.4, -0.2) is 29.3 Å². The summed E-state index contributed by atoms with van der Waals surface area (Å²) in [5, 5.41) is 2.78. The Hall–Kier alpha value is -1.84. The number of benzene rings is 1. The third-order valence-corrected chi connectivity index (χ3v) is 4.35. The maximum absolute atomic E-state index is 12.5. The first-order chi connectivity index (χ1) is 9.70. The molecule has 0 radical (unpaired) electrons. The number of aryl methyl sites for hydroxylation is 1. The van der Waals surface area contributed by atoms with Gasteiger partial charge in [-0.1, -0.05) is 31.2 Å². The first-order valence-corrected chi connectivity index (χ1v) is 7.38. The van der Waals surface area contributed by atoms with Gasteiger partial charge in [0.05, 0.1) is 6.04 Å². The molecule has 1 aromatic carbocycles. The number of piperazine rings is 1. The molecule has 2 aliphatic rings. The highest BCUT2D eigenvalue weighted by Gasteiger charge is 2.37. The molecule has 106 valence electrons. The first kappa shape index (κ1) is 13.2. The van der Waals surface area contributed by atoms with Crippen LogP contribution in [0.25, 0.3) is 0 Å². The van der Waals surface area contributed by atoms with Crippen LogP contribution in [0.1, 0.15) is 43.4 Å². The number of rotatable bonds is 2. The van der Waals surface area contributed by atoms with Crippen molar-refractivity contribution in [2.45, 2.75) is 44.7 Å². The minimum absolute atomic E-state index is 0.0421. The fourth-order valence-electron chi connectivity index (χ4n) is 3.33. The van der Waals surface area contributed by atoms with Gasteiger partial charge in [-0.3, -0.25) is 9.59 Å². The zero-order valence-corrected chi connectivity index (χ0v) is 11.8. The zero-order chi connectivity index (χ0) is 14.1. The Bertz CT molecular complexity index is 541. The molecule has 1 aromatic rings. The van der Waals surface area contributed by atoms with Crippen LogP contribution in [0, 0.1) is 0 Å². The lowest BCUT2D eigenvalue weighted by Gasteiger charge is -2.40. The summed E-state index contributed by atoms with van der Waals surface area (Å²) in [6.07, 6.45) is 3.74. The van der Waals surface area contributed by atoms with Crippen molar-refractivity contribution < 1.29 is 9.59 Å². The molecule has 1 heterocycles. The van der Waals surface area contributed by atoms with Gasteiger partial charge in [-0.15, -0.1) is 0 Å². The van der Waals surface area contributed by atoms with Gasteiger partial charge in [-0.05, 0) is 36.8 Å². The van der Waals surface area contributed by atoms with E-state index in [0.29, 0.717) is 6.42 Å². The normalized spacial score (nSPS) is 26.1. The summed E-state index contributed by atoms with van der Waals surface area (Å²) in [5.41, 5.74) is 2.53. The second-order valence-corrected chi connectivity index (χ2v) is 5.60. The summed E-state index contributed by atoms with van der Waals surface area (Å²) in [6, 6.07) is 8.00. The van der Waals surface area contributed by atoms with Crippen LogP contribution in [0.5, 0.6) is 0 Å². The van der Waals surface area contributed by atoms with Crippen molar-refractivity contribution in [2.75, 3.05) is 6.54 Å². The average molecular weight is 272 g/mol. The number of fused-ring (bicyclic) bond motifs is 1. The van der Waals surface area contributed by atoms with Crippen LogP contribution in [0.2, 0.25) is 0 Å². The number of nitrogens with zero attached hydrogens (tertiary/aromatic N) is 1. The maximum Gasteiger partial charge on any atom is 0.246 e. The van der Waals surface area contributed by atoms with Crippen molar-refractivity contribution in [1.29, 1.82) is 0 Å². The molecule has 2 unspecified atom stereocenters. The summed E-state index contributed by atoms with van der Waals surface area (Å²) in [5.74, 6) is 0.0216. The summed E-state index contributed by atoms with van der Waals surface area (Å²) < 4.78 is 0. The molecular weight excluding hydrogens is 252 g/mol. The predicted molar refractivity (Wildman–Crippen MR) is 76.1 cm³/mol. The topological polar surface area (TPSA) is 49.4 Å². The van der Waals surface area contributed by atoms with Crippen molar-refractivity contribution in [3.8, 4) is 0 Å². The fraction of sp³-hybridized carbons (Fsp3) is 0.500. The van der Waals surface area contributed by atoms with Crippen LogP contribution >= 0.6 is 0 Å². The minimum atomic E-state index is -0.356. The van der Waals surface area contributed by atoms with Crippen LogP contribution in [0.3, 0.4) is 0 Å².